The van der Waals surface area contributed by atoms with Gasteiger partial charge in [-0.05, 0) is 42.0 Å². The highest BCUT2D eigenvalue weighted by molar-refractivity contribution is 6.02. The number of hydrogen-bond acceptors (Lipinski definition) is 6. The molecule has 1 atom stereocenters. The van der Waals surface area contributed by atoms with Gasteiger partial charge in [-0.1, -0.05) is 42.5 Å². The number of nitrogens with zero attached hydrogens (tertiary/aromatic N) is 1. The Morgan fingerprint density at radius 2 is 1.78 bits per heavy atom. The van der Waals surface area contributed by atoms with E-state index in [1.807, 2.05) is 54.6 Å². The van der Waals surface area contributed by atoms with Gasteiger partial charge in [0.2, 0.25) is 5.91 Å². The van der Waals surface area contributed by atoms with Gasteiger partial charge >= 0.3 is 5.97 Å². The van der Waals surface area contributed by atoms with Crippen molar-refractivity contribution in [3.8, 4) is 17.2 Å². The number of aromatic amines is 1. The monoisotopic (exact) mass is 483 g/mol. The number of anilines is 1. The fourth-order valence-corrected chi connectivity index (χ4v) is 3.56. The minimum absolute atomic E-state index is 0.276. The zero-order valence-corrected chi connectivity index (χ0v) is 19.8. The quantitative estimate of drug-likeness (QED) is 0.194. The molecule has 0 radical (unpaired) electrons. The Kier molecular flexibility index (Phi) is 7.77. The van der Waals surface area contributed by atoms with E-state index in [1.54, 1.807) is 36.8 Å². The number of nitrogens with one attached hydrogen (secondary N) is 2. The fourth-order valence-electron chi connectivity index (χ4n) is 3.56. The molecule has 2 N–H and O–H groups in total. The zero-order valence-electron chi connectivity index (χ0n) is 19.8. The van der Waals surface area contributed by atoms with Crippen LogP contribution in [0.3, 0.4) is 0 Å². The van der Waals surface area contributed by atoms with Crippen LogP contribution in [0.4, 0.5) is 5.69 Å². The number of carbonyl (C=O) groups is 2. The maximum atomic E-state index is 12.8. The topological polar surface area (TPSA) is 103 Å². The van der Waals surface area contributed by atoms with Crippen LogP contribution in [0.2, 0.25) is 0 Å². The molecule has 1 heterocycles. The van der Waals surface area contributed by atoms with E-state index < -0.39 is 12.1 Å². The first-order valence-corrected chi connectivity index (χ1v) is 11.2. The third-order valence-corrected chi connectivity index (χ3v) is 5.17. The Morgan fingerprint density at radius 1 is 1.00 bits per heavy atom. The van der Waals surface area contributed by atoms with Crippen molar-refractivity contribution < 1.29 is 23.8 Å². The van der Waals surface area contributed by atoms with Gasteiger partial charge in [0, 0.05) is 24.3 Å². The number of esters is 1. The van der Waals surface area contributed by atoms with Crippen molar-refractivity contribution in [3.63, 3.8) is 0 Å². The maximum Gasteiger partial charge on any atom is 0.308 e. The van der Waals surface area contributed by atoms with E-state index in [0.717, 1.165) is 11.3 Å². The van der Waals surface area contributed by atoms with Crippen molar-refractivity contribution in [2.24, 2.45) is 0 Å². The van der Waals surface area contributed by atoms with E-state index >= 15 is 0 Å². The summed E-state index contributed by atoms with van der Waals surface area (Å²) in [5.74, 6) is 0.576. The Hall–Kier alpha value is -4.85. The van der Waals surface area contributed by atoms with E-state index in [0.29, 0.717) is 22.7 Å². The number of H-pyrrole nitrogens is 1. The predicted molar refractivity (Wildman–Crippen MR) is 136 cm³/mol. The number of benzene rings is 3. The number of ether oxygens (including phenoxy) is 3. The third-order valence-electron chi connectivity index (χ3n) is 5.17. The summed E-state index contributed by atoms with van der Waals surface area (Å²) >= 11 is 0. The minimum atomic E-state index is -0.525. The maximum absolute atomic E-state index is 12.8. The Balaban J connectivity index is 1.56. The Bertz CT molecular complexity index is 1350. The molecule has 1 aromatic heterocycles. The Morgan fingerprint density at radius 3 is 2.50 bits per heavy atom. The Labute approximate surface area is 208 Å². The van der Waals surface area contributed by atoms with E-state index in [2.05, 4.69) is 15.3 Å². The number of para-hydroxylation sites is 2. The molecule has 0 fully saturated rings. The summed E-state index contributed by atoms with van der Waals surface area (Å²) in [6, 6.07) is 21.9. The molecule has 1 unspecified atom stereocenters. The van der Waals surface area contributed by atoms with Crippen molar-refractivity contribution in [1.29, 1.82) is 0 Å². The number of amides is 1. The lowest BCUT2D eigenvalue weighted by atomic mass is 10.0. The summed E-state index contributed by atoms with van der Waals surface area (Å²) in [6.45, 7) is 1.31. The predicted octanol–water partition coefficient (Wildman–Crippen LogP) is 5.16. The molecule has 36 heavy (non-hydrogen) atoms. The van der Waals surface area contributed by atoms with E-state index in [9.17, 15) is 9.59 Å². The first-order chi connectivity index (χ1) is 17.5. The van der Waals surface area contributed by atoms with Crippen LogP contribution in [0.1, 0.15) is 29.8 Å². The van der Waals surface area contributed by atoms with Gasteiger partial charge in [-0.3, -0.25) is 9.59 Å². The molecule has 0 aliphatic rings. The van der Waals surface area contributed by atoms with Crippen LogP contribution in [0.15, 0.2) is 91.4 Å². The average molecular weight is 484 g/mol. The van der Waals surface area contributed by atoms with Crippen molar-refractivity contribution >= 4 is 23.6 Å². The SMILES string of the molecule is COc1ccc(/C=C/C(=O)Nc2ccccc2C(Oc2ccccc2)c2cnc[nH]2)cc1OC(C)=O. The lowest BCUT2D eigenvalue weighted by molar-refractivity contribution is -0.132. The highest BCUT2D eigenvalue weighted by atomic mass is 16.6. The molecule has 182 valence electrons. The lowest BCUT2D eigenvalue weighted by Gasteiger charge is -2.21. The summed E-state index contributed by atoms with van der Waals surface area (Å²) in [6.07, 6.45) is 5.77. The van der Waals surface area contributed by atoms with Gasteiger partial charge in [-0.15, -0.1) is 0 Å². The first kappa shape index (κ1) is 24.3. The van der Waals surface area contributed by atoms with Crippen molar-refractivity contribution in [2.75, 3.05) is 12.4 Å². The number of rotatable bonds is 9. The second-order valence-electron chi connectivity index (χ2n) is 7.73. The van der Waals surface area contributed by atoms with E-state index in [1.165, 1.54) is 20.1 Å². The van der Waals surface area contributed by atoms with Crippen LogP contribution in [0.5, 0.6) is 17.2 Å². The third kappa shape index (κ3) is 6.18. The summed E-state index contributed by atoms with van der Waals surface area (Å²) < 4.78 is 16.7. The smallest absolute Gasteiger partial charge is 0.308 e. The standard InChI is InChI=1S/C28H25N3O5/c1-19(32)35-26-16-20(12-14-25(26)34-2)13-15-27(33)31-23-11-7-6-10-22(23)28(24-17-29-18-30-24)36-21-8-4-3-5-9-21/h3-18,28H,1-2H3,(H,29,30)(H,31,33)/b15-13+. The molecule has 0 bridgehead atoms. The summed E-state index contributed by atoms with van der Waals surface area (Å²) in [5, 5.41) is 2.93. The van der Waals surface area contributed by atoms with Gasteiger partial charge in [-0.25, -0.2) is 4.98 Å². The molecule has 0 spiro atoms. The van der Waals surface area contributed by atoms with Crippen molar-refractivity contribution in [2.45, 2.75) is 13.0 Å². The molecule has 0 aliphatic heterocycles. The zero-order chi connectivity index (χ0) is 25.3. The van der Waals surface area contributed by atoms with Crippen molar-refractivity contribution in [3.05, 3.63) is 108 Å². The molecule has 8 nitrogen and oxygen atoms in total. The number of hydrogen-bond donors (Lipinski definition) is 2. The van der Waals surface area contributed by atoms with E-state index in [4.69, 9.17) is 14.2 Å². The molecule has 0 saturated heterocycles. The molecule has 0 saturated carbocycles. The largest absolute Gasteiger partial charge is 0.493 e. The average Bonchev–Trinajstić information content (AvgIpc) is 3.42. The van der Waals surface area contributed by atoms with Gasteiger partial charge in [0.05, 0.1) is 25.3 Å². The number of carbonyl (C=O) groups excluding carboxylic acids is 2. The molecule has 3 aromatic carbocycles. The van der Waals surface area contributed by atoms with Crippen LogP contribution in [-0.4, -0.2) is 29.0 Å². The van der Waals surface area contributed by atoms with Crippen molar-refractivity contribution in [1.82, 2.24) is 9.97 Å². The van der Waals surface area contributed by atoms with Gasteiger partial charge in [0.15, 0.2) is 17.6 Å². The second kappa shape index (κ2) is 11.5. The highest BCUT2D eigenvalue weighted by Crippen LogP contribution is 2.32. The minimum Gasteiger partial charge on any atom is -0.493 e. The van der Waals surface area contributed by atoms with Gasteiger partial charge in [0.1, 0.15) is 5.75 Å². The number of imidazole rings is 1. The molecule has 4 rings (SSSR count). The van der Waals surface area contributed by atoms with Crippen LogP contribution >= 0.6 is 0 Å². The molecule has 0 aliphatic carbocycles. The van der Waals surface area contributed by atoms with E-state index in [-0.39, 0.29) is 11.7 Å². The molecule has 4 aromatic rings. The highest BCUT2D eigenvalue weighted by Gasteiger charge is 2.21. The second-order valence-corrected chi connectivity index (χ2v) is 7.73. The van der Waals surface area contributed by atoms with Gasteiger partial charge in [-0.2, -0.15) is 0 Å². The number of methoxy groups -OCH3 is 1. The number of aromatic nitrogens is 2. The first-order valence-electron chi connectivity index (χ1n) is 11.2. The van der Waals surface area contributed by atoms with Gasteiger partial charge < -0.3 is 24.5 Å². The summed E-state index contributed by atoms with van der Waals surface area (Å²) in [7, 11) is 1.49. The normalized spacial score (nSPS) is 11.6. The molecule has 1 amide bonds. The summed E-state index contributed by atoms with van der Waals surface area (Å²) in [4.78, 5) is 31.4. The molecular formula is C28H25N3O5. The van der Waals surface area contributed by atoms with Crippen LogP contribution in [0, 0.1) is 0 Å². The fraction of sp³-hybridized carbons (Fsp3) is 0.107. The van der Waals surface area contributed by atoms with Crippen LogP contribution in [0.25, 0.3) is 6.08 Å². The summed E-state index contributed by atoms with van der Waals surface area (Å²) in [5.41, 5.74) is 2.76. The van der Waals surface area contributed by atoms with Crippen LogP contribution in [-0.2, 0) is 9.59 Å². The van der Waals surface area contributed by atoms with Crippen LogP contribution < -0.4 is 19.5 Å². The molecule has 8 heteroatoms. The van der Waals surface area contributed by atoms with Gasteiger partial charge in [0.25, 0.3) is 0 Å². The lowest BCUT2D eigenvalue weighted by Crippen LogP contribution is -2.15. The molecular weight excluding hydrogens is 458 g/mol.